The first kappa shape index (κ1) is 16.3. The van der Waals surface area contributed by atoms with Crippen LogP contribution in [-0.4, -0.2) is 16.3 Å². The lowest BCUT2D eigenvalue weighted by atomic mass is 10.1. The highest BCUT2D eigenvalue weighted by Gasteiger charge is 2.18. The van der Waals surface area contributed by atoms with Crippen molar-refractivity contribution in [1.29, 1.82) is 0 Å². The fourth-order valence-electron chi connectivity index (χ4n) is 2.84. The third-order valence-electron chi connectivity index (χ3n) is 3.94. The van der Waals surface area contributed by atoms with Crippen LogP contribution < -0.4 is 4.74 Å². The van der Waals surface area contributed by atoms with Gasteiger partial charge < -0.3 is 14.4 Å². The van der Waals surface area contributed by atoms with Crippen LogP contribution in [0.15, 0.2) is 47.6 Å². The number of ether oxygens (including phenoxy) is 1. The zero-order valence-corrected chi connectivity index (χ0v) is 14.0. The number of aryl methyl sites for hydroxylation is 2. The van der Waals surface area contributed by atoms with Crippen molar-refractivity contribution >= 4 is 28.2 Å². The number of nitrogens with zero attached hydrogens (tertiary/aromatic N) is 2. The van der Waals surface area contributed by atoms with E-state index in [0.29, 0.717) is 35.7 Å². The summed E-state index contributed by atoms with van der Waals surface area (Å²) in [5, 5.41) is 14.5. The van der Waals surface area contributed by atoms with Crippen molar-refractivity contribution in [1.82, 2.24) is 4.57 Å². The number of nitroso groups, excluding NO2 is 1. The molecule has 24 heavy (non-hydrogen) atoms. The summed E-state index contributed by atoms with van der Waals surface area (Å²) in [6, 6.07) is 12.9. The number of benzene rings is 2. The molecule has 1 N–H and O–H groups in total. The zero-order valence-electron chi connectivity index (χ0n) is 13.2. The van der Waals surface area contributed by atoms with Gasteiger partial charge in [-0.3, -0.25) is 0 Å². The third-order valence-corrected chi connectivity index (χ3v) is 4.25. The Kier molecular flexibility index (Phi) is 4.71. The Morgan fingerprint density at radius 2 is 2.00 bits per heavy atom. The van der Waals surface area contributed by atoms with Crippen molar-refractivity contribution in [2.45, 2.75) is 19.9 Å². The van der Waals surface area contributed by atoms with Gasteiger partial charge in [-0.2, -0.15) is 0 Å². The van der Waals surface area contributed by atoms with Crippen LogP contribution in [0.5, 0.6) is 11.6 Å². The van der Waals surface area contributed by atoms with Crippen LogP contribution in [0.3, 0.4) is 0 Å². The maximum Gasteiger partial charge on any atom is 0.222 e. The van der Waals surface area contributed by atoms with Crippen LogP contribution >= 0.6 is 11.6 Å². The van der Waals surface area contributed by atoms with E-state index in [-0.39, 0.29) is 11.6 Å². The molecule has 1 aromatic heterocycles. The minimum absolute atomic E-state index is 0.0840. The molecule has 0 aliphatic rings. The second-order valence-electron chi connectivity index (χ2n) is 5.52. The molecule has 0 saturated carbocycles. The molecular formula is C18H17ClN2O3. The minimum Gasteiger partial charge on any atom is -0.493 e. The fourth-order valence-corrected chi connectivity index (χ4v) is 3.03. The Morgan fingerprint density at radius 3 is 2.75 bits per heavy atom. The van der Waals surface area contributed by atoms with Crippen LogP contribution in [0.25, 0.3) is 10.9 Å². The molecular weight excluding hydrogens is 328 g/mol. The fraction of sp³-hybridized carbons (Fsp3) is 0.222. The van der Waals surface area contributed by atoms with Gasteiger partial charge in [0.05, 0.1) is 17.1 Å². The Labute approximate surface area is 144 Å². The maximum atomic E-state index is 11.1. The maximum absolute atomic E-state index is 11.1. The normalized spacial score (nSPS) is 10.9. The first-order chi connectivity index (χ1) is 11.6. The largest absolute Gasteiger partial charge is 0.493 e. The summed E-state index contributed by atoms with van der Waals surface area (Å²) in [7, 11) is 0. The topological polar surface area (TPSA) is 63.8 Å². The molecule has 0 saturated heterocycles. The highest BCUT2D eigenvalue weighted by atomic mass is 35.5. The Bertz CT molecular complexity index is 889. The molecule has 0 radical (unpaired) electrons. The summed E-state index contributed by atoms with van der Waals surface area (Å²) in [6.45, 7) is 2.89. The van der Waals surface area contributed by atoms with Gasteiger partial charge in [-0.05, 0) is 36.2 Å². The molecule has 124 valence electrons. The van der Waals surface area contributed by atoms with E-state index in [9.17, 15) is 10.0 Å². The number of hydrogen-bond acceptors (Lipinski definition) is 4. The highest BCUT2D eigenvalue weighted by Crippen LogP contribution is 2.39. The summed E-state index contributed by atoms with van der Waals surface area (Å²) in [5.74, 6) is 0.527. The summed E-state index contributed by atoms with van der Waals surface area (Å²) >= 11 is 6.05. The number of halogens is 1. The monoisotopic (exact) mass is 344 g/mol. The van der Waals surface area contributed by atoms with Crippen LogP contribution in [0.2, 0.25) is 5.02 Å². The van der Waals surface area contributed by atoms with Crippen molar-refractivity contribution < 1.29 is 9.84 Å². The molecule has 0 atom stereocenters. The molecule has 0 spiro atoms. The predicted molar refractivity (Wildman–Crippen MR) is 95.4 cm³/mol. The molecule has 6 heteroatoms. The molecule has 0 fully saturated rings. The first-order valence-corrected chi connectivity index (χ1v) is 8.02. The SMILES string of the molecule is Cc1cccc2c(N=O)c(O)n(CCCOc3ccccc3Cl)c12. The van der Waals surface area contributed by atoms with E-state index in [1.165, 1.54) is 0 Å². The van der Waals surface area contributed by atoms with Gasteiger partial charge in [-0.15, -0.1) is 4.91 Å². The van der Waals surface area contributed by atoms with Crippen molar-refractivity contribution in [2.24, 2.45) is 5.18 Å². The van der Waals surface area contributed by atoms with E-state index in [4.69, 9.17) is 16.3 Å². The lowest BCUT2D eigenvalue weighted by molar-refractivity contribution is 0.298. The van der Waals surface area contributed by atoms with E-state index < -0.39 is 0 Å². The lowest BCUT2D eigenvalue weighted by Crippen LogP contribution is -2.05. The summed E-state index contributed by atoms with van der Waals surface area (Å²) in [6.07, 6.45) is 0.648. The predicted octanol–water partition coefficient (Wildman–Crippen LogP) is 5.18. The van der Waals surface area contributed by atoms with Gasteiger partial charge in [0.1, 0.15) is 5.75 Å². The van der Waals surface area contributed by atoms with Crippen molar-refractivity contribution in [3.05, 3.63) is 58.0 Å². The van der Waals surface area contributed by atoms with E-state index in [2.05, 4.69) is 5.18 Å². The van der Waals surface area contributed by atoms with E-state index >= 15 is 0 Å². The first-order valence-electron chi connectivity index (χ1n) is 7.65. The van der Waals surface area contributed by atoms with Gasteiger partial charge in [0, 0.05) is 11.9 Å². The number of aromatic hydroxyl groups is 1. The molecule has 5 nitrogen and oxygen atoms in total. The van der Waals surface area contributed by atoms with E-state index in [1.54, 1.807) is 16.7 Å². The van der Waals surface area contributed by atoms with Crippen molar-refractivity contribution in [3.8, 4) is 11.6 Å². The molecule has 0 amide bonds. The summed E-state index contributed by atoms with van der Waals surface area (Å²) in [5.41, 5.74) is 1.88. The van der Waals surface area contributed by atoms with Gasteiger partial charge >= 0.3 is 0 Å². The molecule has 3 rings (SSSR count). The van der Waals surface area contributed by atoms with Crippen LogP contribution in [0.4, 0.5) is 5.69 Å². The van der Waals surface area contributed by atoms with Gasteiger partial charge in [-0.1, -0.05) is 41.9 Å². The molecule has 1 heterocycles. The molecule has 0 unspecified atom stereocenters. The molecule has 0 aliphatic heterocycles. The van der Waals surface area contributed by atoms with Gasteiger partial charge in [-0.25, -0.2) is 0 Å². The minimum atomic E-state index is -0.105. The molecule has 0 aliphatic carbocycles. The van der Waals surface area contributed by atoms with Gasteiger partial charge in [0.2, 0.25) is 5.88 Å². The van der Waals surface area contributed by atoms with Crippen LogP contribution in [0.1, 0.15) is 12.0 Å². The standard InChI is InChI=1S/C18H17ClN2O3/c1-12-6-4-7-13-16(20-23)18(22)21(17(12)13)10-5-11-24-15-9-3-2-8-14(15)19/h2-4,6-9,22H,5,10-11H2,1H3. The van der Waals surface area contributed by atoms with Gasteiger partial charge in [0.25, 0.3) is 0 Å². The second kappa shape index (κ2) is 6.93. The third kappa shape index (κ3) is 2.95. The second-order valence-corrected chi connectivity index (χ2v) is 5.93. The zero-order chi connectivity index (χ0) is 17.1. The van der Waals surface area contributed by atoms with E-state index in [1.807, 2.05) is 37.3 Å². The molecule has 0 bridgehead atoms. The quantitative estimate of drug-likeness (QED) is 0.495. The summed E-state index contributed by atoms with van der Waals surface area (Å²) in [4.78, 5) is 11.1. The van der Waals surface area contributed by atoms with Gasteiger partial charge in [0.15, 0.2) is 5.69 Å². The number of rotatable bonds is 6. The lowest BCUT2D eigenvalue weighted by Gasteiger charge is -2.10. The molecule has 2 aromatic carbocycles. The Morgan fingerprint density at radius 1 is 1.21 bits per heavy atom. The number of aromatic nitrogens is 1. The van der Waals surface area contributed by atoms with Crippen LogP contribution in [0, 0.1) is 11.8 Å². The highest BCUT2D eigenvalue weighted by molar-refractivity contribution is 6.32. The summed E-state index contributed by atoms with van der Waals surface area (Å²) < 4.78 is 7.37. The number of hydrogen-bond donors (Lipinski definition) is 1. The van der Waals surface area contributed by atoms with Crippen LogP contribution in [-0.2, 0) is 6.54 Å². The number of fused-ring (bicyclic) bond motifs is 1. The average molecular weight is 345 g/mol. The van der Waals surface area contributed by atoms with Crippen molar-refractivity contribution in [3.63, 3.8) is 0 Å². The Hall–Kier alpha value is -2.53. The average Bonchev–Trinajstić information content (AvgIpc) is 2.85. The Balaban J connectivity index is 1.77. The van der Waals surface area contributed by atoms with E-state index in [0.717, 1.165) is 11.1 Å². The number of para-hydroxylation sites is 2. The molecule has 3 aromatic rings. The van der Waals surface area contributed by atoms with Crippen molar-refractivity contribution in [2.75, 3.05) is 6.61 Å². The smallest absolute Gasteiger partial charge is 0.222 e.